The average molecular weight is 351 g/mol. The minimum absolute atomic E-state index is 0.165. The van der Waals surface area contributed by atoms with E-state index in [0.29, 0.717) is 5.69 Å². The number of aromatic nitrogens is 1. The van der Waals surface area contributed by atoms with Gasteiger partial charge in [0.25, 0.3) is 5.91 Å². The van der Waals surface area contributed by atoms with Crippen molar-refractivity contribution in [2.24, 2.45) is 7.05 Å². The van der Waals surface area contributed by atoms with Crippen LogP contribution in [0.3, 0.4) is 0 Å². The molecule has 2 aromatic carbocycles. The van der Waals surface area contributed by atoms with Crippen molar-refractivity contribution in [3.05, 3.63) is 65.4 Å². The first-order valence-electron chi connectivity index (χ1n) is 8.26. The van der Waals surface area contributed by atoms with Crippen LogP contribution in [0.2, 0.25) is 0 Å². The van der Waals surface area contributed by atoms with Gasteiger partial charge < -0.3 is 9.30 Å². The van der Waals surface area contributed by atoms with Crippen molar-refractivity contribution in [3.63, 3.8) is 0 Å². The van der Waals surface area contributed by atoms with E-state index >= 15 is 0 Å². The molecule has 1 heterocycles. The molecule has 0 aliphatic heterocycles. The zero-order chi connectivity index (χ0) is 18.7. The average Bonchev–Trinajstić information content (AvgIpc) is 2.96. The molecule has 2 N–H and O–H groups in total. The zero-order valence-electron chi connectivity index (χ0n) is 15.0. The Morgan fingerprint density at radius 1 is 1.04 bits per heavy atom. The molecule has 1 aromatic heterocycles. The summed E-state index contributed by atoms with van der Waals surface area (Å²) in [5, 5.41) is 0.988. The zero-order valence-corrected chi connectivity index (χ0v) is 15.0. The Balaban J connectivity index is 1.63. The Kier molecular flexibility index (Phi) is 4.93. The lowest BCUT2D eigenvalue weighted by molar-refractivity contribution is -0.121. The third-order valence-corrected chi connectivity index (χ3v) is 4.27. The van der Waals surface area contributed by atoms with E-state index in [9.17, 15) is 9.59 Å². The summed E-state index contributed by atoms with van der Waals surface area (Å²) in [5.74, 6) is 0.0797. The van der Waals surface area contributed by atoms with E-state index in [1.54, 1.807) is 23.8 Å². The van der Waals surface area contributed by atoms with Gasteiger partial charge in [-0.25, -0.2) is 0 Å². The maximum atomic E-state index is 12.4. The van der Waals surface area contributed by atoms with Crippen molar-refractivity contribution in [2.75, 3.05) is 7.11 Å². The number of methoxy groups -OCH3 is 1. The number of aryl methyl sites for hydroxylation is 2. The fourth-order valence-corrected chi connectivity index (χ4v) is 2.85. The van der Waals surface area contributed by atoms with Gasteiger partial charge in [-0.3, -0.25) is 20.4 Å². The van der Waals surface area contributed by atoms with E-state index in [-0.39, 0.29) is 18.2 Å². The van der Waals surface area contributed by atoms with Gasteiger partial charge in [0.05, 0.1) is 13.5 Å². The van der Waals surface area contributed by atoms with Gasteiger partial charge in [-0.05, 0) is 42.8 Å². The molecule has 0 unspecified atom stereocenters. The monoisotopic (exact) mass is 351 g/mol. The Morgan fingerprint density at radius 3 is 2.46 bits per heavy atom. The predicted molar refractivity (Wildman–Crippen MR) is 100.0 cm³/mol. The molecule has 0 aliphatic carbocycles. The fraction of sp³-hybridized carbons (Fsp3) is 0.200. The third kappa shape index (κ3) is 3.69. The number of hydrogen-bond acceptors (Lipinski definition) is 3. The molecule has 0 bridgehead atoms. The second-order valence-corrected chi connectivity index (χ2v) is 6.18. The molecular weight excluding hydrogens is 330 g/mol. The molecule has 3 rings (SSSR count). The van der Waals surface area contributed by atoms with Gasteiger partial charge in [0, 0.05) is 18.0 Å². The molecule has 0 fully saturated rings. The molecule has 2 amide bonds. The van der Waals surface area contributed by atoms with Gasteiger partial charge in [0.1, 0.15) is 11.4 Å². The molecule has 0 atom stereocenters. The van der Waals surface area contributed by atoms with Crippen molar-refractivity contribution in [1.82, 2.24) is 15.4 Å². The number of nitrogens with zero attached hydrogens (tertiary/aromatic N) is 1. The number of hydrazine groups is 1. The van der Waals surface area contributed by atoms with Gasteiger partial charge >= 0.3 is 0 Å². The molecule has 3 aromatic rings. The summed E-state index contributed by atoms with van der Waals surface area (Å²) < 4.78 is 6.89. The van der Waals surface area contributed by atoms with Crippen LogP contribution in [0.15, 0.2) is 48.5 Å². The van der Waals surface area contributed by atoms with E-state index in [4.69, 9.17) is 4.74 Å². The Labute approximate surface area is 151 Å². The Morgan fingerprint density at radius 2 is 1.77 bits per heavy atom. The van der Waals surface area contributed by atoms with Crippen LogP contribution in [0.5, 0.6) is 5.75 Å². The standard InChI is InChI=1S/C20H21N3O3/c1-13-4-9-17-15(10-13)12-18(23(17)2)20(25)22-21-19(24)11-14-5-7-16(26-3)8-6-14/h4-10,12H,11H2,1-3H3,(H,21,24)(H,22,25). The van der Waals surface area contributed by atoms with Crippen molar-refractivity contribution >= 4 is 22.7 Å². The molecular formula is C20H21N3O3. The van der Waals surface area contributed by atoms with Gasteiger partial charge in [-0.1, -0.05) is 23.8 Å². The van der Waals surface area contributed by atoms with Crippen LogP contribution in [-0.4, -0.2) is 23.5 Å². The molecule has 0 saturated carbocycles. The summed E-state index contributed by atoms with van der Waals surface area (Å²) in [6.45, 7) is 2.01. The van der Waals surface area contributed by atoms with E-state index in [1.165, 1.54) is 0 Å². The summed E-state index contributed by atoms with van der Waals surface area (Å²) in [7, 11) is 3.41. The molecule has 6 nitrogen and oxygen atoms in total. The van der Waals surface area contributed by atoms with Crippen molar-refractivity contribution in [3.8, 4) is 5.75 Å². The van der Waals surface area contributed by atoms with Crippen molar-refractivity contribution in [1.29, 1.82) is 0 Å². The number of benzene rings is 2. The molecule has 6 heteroatoms. The number of carbonyl (C=O) groups is 2. The summed E-state index contributed by atoms with van der Waals surface area (Å²) in [5.41, 5.74) is 8.34. The minimum Gasteiger partial charge on any atom is -0.497 e. The molecule has 134 valence electrons. The first-order valence-corrected chi connectivity index (χ1v) is 8.26. The fourth-order valence-electron chi connectivity index (χ4n) is 2.85. The first kappa shape index (κ1) is 17.5. The molecule has 0 radical (unpaired) electrons. The number of carbonyl (C=O) groups excluding carboxylic acids is 2. The highest BCUT2D eigenvalue weighted by Gasteiger charge is 2.14. The molecule has 0 spiro atoms. The van der Waals surface area contributed by atoms with E-state index in [0.717, 1.165) is 27.8 Å². The quantitative estimate of drug-likeness (QED) is 0.710. The minimum atomic E-state index is -0.357. The number of rotatable bonds is 4. The second-order valence-electron chi connectivity index (χ2n) is 6.18. The first-order chi connectivity index (χ1) is 12.5. The van der Waals surface area contributed by atoms with Crippen molar-refractivity contribution in [2.45, 2.75) is 13.3 Å². The largest absolute Gasteiger partial charge is 0.497 e. The second kappa shape index (κ2) is 7.31. The van der Waals surface area contributed by atoms with Crippen LogP contribution in [0.4, 0.5) is 0 Å². The van der Waals surface area contributed by atoms with Gasteiger partial charge in [-0.15, -0.1) is 0 Å². The lowest BCUT2D eigenvalue weighted by Gasteiger charge is -2.09. The van der Waals surface area contributed by atoms with Crippen molar-refractivity contribution < 1.29 is 14.3 Å². The van der Waals surface area contributed by atoms with Crippen LogP contribution >= 0.6 is 0 Å². The van der Waals surface area contributed by atoms with Crippen LogP contribution in [0.25, 0.3) is 10.9 Å². The van der Waals surface area contributed by atoms with E-state index in [1.807, 2.05) is 50.4 Å². The molecule has 0 saturated heterocycles. The topological polar surface area (TPSA) is 72.4 Å². The maximum absolute atomic E-state index is 12.4. The number of ether oxygens (including phenoxy) is 1. The highest BCUT2D eigenvalue weighted by Crippen LogP contribution is 2.20. The normalized spacial score (nSPS) is 10.6. The van der Waals surface area contributed by atoms with Crippen LogP contribution < -0.4 is 15.6 Å². The Bertz CT molecular complexity index is 958. The summed E-state index contributed by atoms with van der Waals surface area (Å²) in [4.78, 5) is 24.4. The Hall–Kier alpha value is -3.28. The van der Waals surface area contributed by atoms with Gasteiger partial charge in [0.15, 0.2) is 0 Å². The highest BCUT2D eigenvalue weighted by molar-refractivity contribution is 5.99. The molecule has 26 heavy (non-hydrogen) atoms. The van der Waals surface area contributed by atoms with Gasteiger partial charge in [-0.2, -0.15) is 0 Å². The SMILES string of the molecule is COc1ccc(CC(=O)NNC(=O)c2cc3cc(C)ccc3n2C)cc1. The predicted octanol–water partition coefficient (Wildman–Crippen LogP) is 2.50. The number of fused-ring (bicyclic) bond motifs is 1. The van der Waals surface area contributed by atoms with Crippen LogP contribution in [-0.2, 0) is 18.3 Å². The van der Waals surface area contributed by atoms with Gasteiger partial charge in [0.2, 0.25) is 5.91 Å². The van der Waals surface area contributed by atoms with Crippen LogP contribution in [0, 0.1) is 6.92 Å². The summed E-state index contributed by atoms with van der Waals surface area (Å²) >= 11 is 0. The number of amides is 2. The van der Waals surface area contributed by atoms with Crippen LogP contribution in [0.1, 0.15) is 21.6 Å². The molecule has 0 aliphatic rings. The van der Waals surface area contributed by atoms with E-state index < -0.39 is 0 Å². The lowest BCUT2D eigenvalue weighted by Crippen LogP contribution is -2.42. The highest BCUT2D eigenvalue weighted by atomic mass is 16.5. The van der Waals surface area contributed by atoms with E-state index in [2.05, 4.69) is 10.9 Å². The summed E-state index contributed by atoms with van der Waals surface area (Å²) in [6.07, 6.45) is 0.165. The third-order valence-electron chi connectivity index (χ3n) is 4.27. The number of nitrogens with one attached hydrogen (secondary N) is 2. The number of hydrogen-bond donors (Lipinski definition) is 2. The smallest absolute Gasteiger partial charge is 0.286 e. The summed E-state index contributed by atoms with van der Waals surface area (Å²) in [6, 6.07) is 15.0. The maximum Gasteiger partial charge on any atom is 0.286 e. The lowest BCUT2D eigenvalue weighted by atomic mass is 10.1.